The van der Waals surface area contributed by atoms with Crippen molar-refractivity contribution in [1.82, 2.24) is 5.32 Å². The van der Waals surface area contributed by atoms with E-state index in [0.29, 0.717) is 4.90 Å². The summed E-state index contributed by atoms with van der Waals surface area (Å²) >= 11 is 0. The first-order chi connectivity index (χ1) is 10.1. The Morgan fingerprint density at radius 2 is 1.62 bits per heavy atom. The number of rotatable bonds is 6. The average Bonchev–Trinajstić information content (AvgIpc) is 2.53. The molecule has 0 heterocycles. The number of hydrogen-bond acceptors (Lipinski definition) is 3. The number of benzene rings is 2. The lowest BCUT2D eigenvalue weighted by atomic mass is 10.1. The summed E-state index contributed by atoms with van der Waals surface area (Å²) in [6.45, 7) is 2.10. The second-order valence-corrected chi connectivity index (χ2v) is 7.07. The van der Waals surface area contributed by atoms with Crippen LogP contribution in [-0.4, -0.2) is 21.2 Å². The fourth-order valence-electron chi connectivity index (χ4n) is 2.28. The minimum atomic E-state index is -3.30. The van der Waals surface area contributed by atoms with E-state index in [0.717, 1.165) is 12.0 Å². The van der Waals surface area contributed by atoms with Crippen molar-refractivity contribution in [3.05, 3.63) is 65.7 Å². The predicted molar refractivity (Wildman–Crippen MR) is 86.1 cm³/mol. The average molecular weight is 303 g/mol. The molecular weight excluding hydrogens is 282 g/mol. The number of nitrogens with one attached hydrogen (secondary N) is 1. The largest absolute Gasteiger partial charge is 0.312 e. The number of hydrogen-bond donors (Lipinski definition) is 1. The van der Waals surface area contributed by atoms with E-state index in [2.05, 4.69) is 24.4 Å². The lowest BCUT2D eigenvalue weighted by molar-refractivity contribution is 0.574. The minimum absolute atomic E-state index is 0.0545. The van der Waals surface area contributed by atoms with Crippen molar-refractivity contribution in [2.75, 3.05) is 12.8 Å². The molecule has 0 saturated carbocycles. The summed E-state index contributed by atoms with van der Waals surface area (Å²) < 4.78 is 24.9. The normalized spacial score (nSPS) is 13.0. The van der Waals surface area contributed by atoms with Gasteiger partial charge in [-0.2, -0.15) is 0 Å². The maximum Gasteiger partial charge on any atom is 0.180 e. The van der Waals surface area contributed by atoms with Crippen LogP contribution in [0.4, 0.5) is 0 Å². The van der Waals surface area contributed by atoms with Gasteiger partial charge in [-0.3, -0.25) is 0 Å². The lowest BCUT2D eigenvalue weighted by Gasteiger charge is -2.17. The third kappa shape index (κ3) is 3.93. The van der Waals surface area contributed by atoms with Crippen LogP contribution in [0.1, 0.15) is 24.1 Å². The highest BCUT2D eigenvalue weighted by molar-refractivity contribution is 7.91. The van der Waals surface area contributed by atoms with Gasteiger partial charge in [0, 0.05) is 6.04 Å². The fraction of sp³-hybridized carbons (Fsp3) is 0.294. The van der Waals surface area contributed by atoms with Crippen LogP contribution in [0, 0.1) is 0 Å². The molecule has 112 valence electrons. The lowest BCUT2D eigenvalue weighted by Crippen LogP contribution is -2.25. The molecule has 0 aliphatic heterocycles. The quantitative estimate of drug-likeness (QED) is 0.892. The van der Waals surface area contributed by atoms with E-state index < -0.39 is 9.84 Å². The molecule has 0 amide bonds. The summed E-state index contributed by atoms with van der Waals surface area (Å²) in [6, 6.07) is 16.5. The van der Waals surface area contributed by atoms with Gasteiger partial charge in [0.25, 0.3) is 0 Å². The predicted octanol–water partition coefficient (Wildman–Crippen LogP) is 2.98. The van der Waals surface area contributed by atoms with Gasteiger partial charge in [0.05, 0.1) is 10.6 Å². The minimum Gasteiger partial charge on any atom is -0.312 e. The third-order valence-electron chi connectivity index (χ3n) is 3.63. The number of sulfone groups is 1. The van der Waals surface area contributed by atoms with Gasteiger partial charge in [0.2, 0.25) is 0 Å². The van der Waals surface area contributed by atoms with E-state index in [1.165, 1.54) is 5.56 Å². The van der Waals surface area contributed by atoms with Crippen LogP contribution in [0.25, 0.3) is 0 Å². The Labute approximate surface area is 126 Å². The van der Waals surface area contributed by atoms with Crippen molar-refractivity contribution >= 4 is 9.84 Å². The zero-order valence-corrected chi connectivity index (χ0v) is 13.2. The topological polar surface area (TPSA) is 46.2 Å². The van der Waals surface area contributed by atoms with E-state index >= 15 is 0 Å². The van der Waals surface area contributed by atoms with E-state index in [1.807, 2.05) is 18.2 Å². The molecule has 0 fully saturated rings. The van der Waals surface area contributed by atoms with Crippen LogP contribution in [0.5, 0.6) is 0 Å². The standard InChI is InChI=1S/C17H21NO2S/c1-3-14-9-11-15(12-10-14)17(18-2)13-21(19,20)16-7-5-4-6-8-16/h4-12,17-18H,3,13H2,1-2H3. The molecule has 1 unspecified atom stereocenters. The molecule has 0 saturated heterocycles. The summed E-state index contributed by atoms with van der Waals surface area (Å²) in [5, 5.41) is 3.10. The summed E-state index contributed by atoms with van der Waals surface area (Å²) in [7, 11) is -1.51. The molecule has 0 aromatic heterocycles. The van der Waals surface area contributed by atoms with Crippen molar-refractivity contribution in [2.24, 2.45) is 0 Å². The molecule has 1 atom stereocenters. The van der Waals surface area contributed by atoms with Gasteiger partial charge < -0.3 is 5.32 Å². The van der Waals surface area contributed by atoms with Crippen LogP contribution < -0.4 is 5.32 Å². The molecule has 2 rings (SSSR count). The van der Waals surface area contributed by atoms with E-state index in [4.69, 9.17) is 0 Å². The zero-order chi connectivity index (χ0) is 15.3. The van der Waals surface area contributed by atoms with Crippen molar-refractivity contribution in [3.63, 3.8) is 0 Å². The first-order valence-electron chi connectivity index (χ1n) is 7.10. The highest BCUT2D eigenvalue weighted by Gasteiger charge is 2.21. The van der Waals surface area contributed by atoms with Gasteiger partial charge in [0.1, 0.15) is 0 Å². The van der Waals surface area contributed by atoms with Crippen molar-refractivity contribution < 1.29 is 8.42 Å². The Morgan fingerprint density at radius 3 is 2.14 bits per heavy atom. The zero-order valence-electron chi connectivity index (χ0n) is 12.4. The first-order valence-corrected chi connectivity index (χ1v) is 8.76. The van der Waals surface area contributed by atoms with E-state index in [-0.39, 0.29) is 11.8 Å². The molecule has 2 aromatic carbocycles. The summed E-state index contributed by atoms with van der Waals surface area (Å²) in [6.07, 6.45) is 0.979. The van der Waals surface area contributed by atoms with Crippen LogP contribution in [-0.2, 0) is 16.3 Å². The van der Waals surface area contributed by atoms with E-state index in [1.54, 1.807) is 31.3 Å². The summed E-state index contributed by atoms with van der Waals surface area (Å²) in [4.78, 5) is 0.371. The van der Waals surface area contributed by atoms with Gasteiger partial charge in [-0.15, -0.1) is 0 Å². The van der Waals surface area contributed by atoms with Crippen LogP contribution >= 0.6 is 0 Å². The van der Waals surface area contributed by atoms with Crippen molar-refractivity contribution in [3.8, 4) is 0 Å². The second kappa shape index (κ2) is 6.87. The van der Waals surface area contributed by atoms with Gasteiger partial charge in [-0.1, -0.05) is 49.4 Å². The Kier molecular flexibility index (Phi) is 5.15. The molecule has 0 radical (unpaired) electrons. The molecule has 0 spiro atoms. The highest BCUT2D eigenvalue weighted by atomic mass is 32.2. The number of aryl methyl sites for hydroxylation is 1. The molecule has 21 heavy (non-hydrogen) atoms. The van der Waals surface area contributed by atoms with Gasteiger partial charge in [-0.25, -0.2) is 8.42 Å². The third-order valence-corrected chi connectivity index (χ3v) is 5.39. The Hall–Kier alpha value is -1.65. The highest BCUT2D eigenvalue weighted by Crippen LogP contribution is 2.20. The fourth-order valence-corrected chi connectivity index (χ4v) is 3.84. The van der Waals surface area contributed by atoms with Crippen molar-refractivity contribution in [1.29, 1.82) is 0 Å². The van der Waals surface area contributed by atoms with Crippen LogP contribution in [0.2, 0.25) is 0 Å². The maximum atomic E-state index is 12.5. The Morgan fingerprint density at radius 1 is 1.00 bits per heavy atom. The van der Waals surface area contributed by atoms with Crippen molar-refractivity contribution in [2.45, 2.75) is 24.3 Å². The summed E-state index contributed by atoms with van der Waals surface area (Å²) in [5.41, 5.74) is 2.24. The molecule has 2 aromatic rings. The van der Waals surface area contributed by atoms with E-state index in [9.17, 15) is 8.42 Å². The molecule has 1 N–H and O–H groups in total. The van der Waals surface area contributed by atoms with Crippen LogP contribution in [0.3, 0.4) is 0 Å². The molecule has 0 aliphatic carbocycles. The first kappa shape index (κ1) is 15.7. The van der Waals surface area contributed by atoms with Gasteiger partial charge >= 0.3 is 0 Å². The summed E-state index contributed by atoms with van der Waals surface area (Å²) in [5.74, 6) is 0.0545. The maximum absolute atomic E-state index is 12.5. The molecule has 4 heteroatoms. The van der Waals surface area contributed by atoms with Crippen LogP contribution in [0.15, 0.2) is 59.5 Å². The molecule has 0 aliphatic rings. The smallest absolute Gasteiger partial charge is 0.180 e. The SMILES string of the molecule is CCc1ccc(C(CS(=O)(=O)c2ccccc2)NC)cc1. The Bertz CT molecular complexity index is 664. The van der Waals surface area contributed by atoms with Gasteiger partial charge in [0.15, 0.2) is 9.84 Å². The monoisotopic (exact) mass is 303 g/mol. The molecular formula is C17H21NO2S. The molecule has 0 bridgehead atoms. The van der Waals surface area contributed by atoms with Gasteiger partial charge in [-0.05, 0) is 36.7 Å². The molecule has 3 nitrogen and oxygen atoms in total. The second-order valence-electron chi connectivity index (χ2n) is 5.03. The Balaban J connectivity index is 2.22.